The maximum absolute atomic E-state index is 12.2. The number of carbonyl (C=O) groups excluding carboxylic acids is 1. The predicted octanol–water partition coefficient (Wildman–Crippen LogP) is 3.81. The first kappa shape index (κ1) is 18.5. The highest BCUT2D eigenvalue weighted by Crippen LogP contribution is 2.26. The summed E-state index contributed by atoms with van der Waals surface area (Å²) in [6, 6.07) is 26.6. The van der Waals surface area contributed by atoms with E-state index in [0.717, 1.165) is 22.6 Å². The van der Waals surface area contributed by atoms with Crippen LogP contribution in [0.3, 0.4) is 0 Å². The van der Waals surface area contributed by atoms with Gasteiger partial charge in [-0.15, -0.1) is 0 Å². The van der Waals surface area contributed by atoms with Gasteiger partial charge in [0.15, 0.2) is 0 Å². The highest BCUT2D eigenvalue weighted by atomic mass is 16.5. The second kappa shape index (κ2) is 9.40. The van der Waals surface area contributed by atoms with E-state index in [1.165, 1.54) is 0 Å². The van der Waals surface area contributed by atoms with Crippen LogP contribution >= 0.6 is 0 Å². The summed E-state index contributed by atoms with van der Waals surface area (Å²) in [4.78, 5) is 12.2. The van der Waals surface area contributed by atoms with Crippen molar-refractivity contribution in [3.63, 3.8) is 0 Å². The van der Waals surface area contributed by atoms with Crippen LogP contribution in [0.4, 0.5) is 5.69 Å². The lowest BCUT2D eigenvalue weighted by Gasteiger charge is -2.17. The smallest absolute Gasteiger partial charge is 0.255 e. The van der Waals surface area contributed by atoms with Crippen LogP contribution in [0.1, 0.15) is 17.0 Å². The maximum Gasteiger partial charge on any atom is 0.255 e. The molecule has 0 aliphatic rings. The van der Waals surface area contributed by atoms with Gasteiger partial charge in [0.1, 0.15) is 12.4 Å². The zero-order valence-electron chi connectivity index (χ0n) is 14.8. The summed E-state index contributed by atoms with van der Waals surface area (Å²) in [6.07, 6.45) is 0. The van der Waals surface area contributed by atoms with Crippen molar-refractivity contribution in [1.29, 1.82) is 0 Å². The number of hydrogen-bond acceptors (Lipinski definition) is 4. The summed E-state index contributed by atoms with van der Waals surface area (Å²) in [7, 11) is 0. The van der Waals surface area contributed by atoms with E-state index in [0.29, 0.717) is 13.2 Å². The lowest BCUT2D eigenvalue weighted by molar-refractivity contribution is -0.129. The molecule has 0 bridgehead atoms. The van der Waals surface area contributed by atoms with Crippen LogP contribution in [0, 0.1) is 0 Å². The largest absolute Gasteiger partial charge is 0.492 e. The minimum absolute atomic E-state index is 0.467. The molecule has 5 heteroatoms. The quantitative estimate of drug-likeness (QED) is 0.324. The van der Waals surface area contributed by atoms with Crippen LogP contribution < -0.4 is 15.5 Å². The third-order valence-corrected chi connectivity index (χ3v) is 4.17. The Kier molecular flexibility index (Phi) is 6.44. The highest BCUT2D eigenvalue weighted by Gasteiger charge is 2.22. The lowest BCUT2D eigenvalue weighted by atomic mass is 9.90. The fraction of sp³-hybridized carbons (Fsp3) is 0.136. The second-order valence-electron chi connectivity index (χ2n) is 6.03. The molecule has 0 aromatic heterocycles. The molecule has 0 heterocycles. The molecule has 3 aromatic carbocycles. The highest BCUT2D eigenvalue weighted by molar-refractivity contribution is 5.86. The maximum atomic E-state index is 12.2. The molecule has 3 N–H and O–H groups in total. The van der Waals surface area contributed by atoms with E-state index < -0.39 is 11.8 Å². The van der Waals surface area contributed by atoms with E-state index >= 15 is 0 Å². The van der Waals surface area contributed by atoms with Crippen molar-refractivity contribution < 1.29 is 14.7 Å². The first-order valence-electron chi connectivity index (χ1n) is 8.78. The molecule has 0 saturated heterocycles. The van der Waals surface area contributed by atoms with Crippen LogP contribution in [0.5, 0.6) is 5.75 Å². The van der Waals surface area contributed by atoms with Crippen molar-refractivity contribution >= 4 is 11.6 Å². The normalized spacial score (nSPS) is 11.4. The average Bonchev–Trinajstić information content (AvgIpc) is 2.73. The van der Waals surface area contributed by atoms with E-state index in [2.05, 4.69) is 5.32 Å². The standard InChI is InChI=1S/C22H22N2O3/c25-22(24-26)21(17-8-3-1-4-9-17)18-10-7-11-19(16-18)23-14-15-27-20-12-5-2-6-13-20/h1-13,16,21,23,26H,14-15H2,(H,24,25). The van der Waals surface area contributed by atoms with E-state index in [1.807, 2.05) is 84.9 Å². The molecule has 138 valence electrons. The summed E-state index contributed by atoms with van der Waals surface area (Å²) >= 11 is 0. The van der Waals surface area contributed by atoms with Crippen LogP contribution in [0.15, 0.2) is 84.9 Å². The number of carbonyl (C=O) groups is 1. The van der Waals surface area contributed by atoms with Gasteiger partial charge in [-0.2, -0.15) is 0 Å². The van der Waals surface area contributed by atoms with Crippen molar-refractivity contribution in [3.05, 3.63) is 96.1 Å². The van der Waals surface area contributed by atoms with Gasteiger partial charge in [-0.3, -0.25) is 10.0 Å². The second-order valence-corrected chi connectivity index (χ2v) is 6.03. The molecule has 0 saturated carbocycles. The number of hydrogen-bond donors (Lipinski definition) is 3. The van der Waals surface area contributed by atoms with Crippen LogP contribution in [0.25, 0.3) is 0 Å². The average molecular weight is 362 g/mol. The van der Waals surface area contributed by atoms with Crippen LogP contribution in [0.2, 0.25) is 0 Å². The fourth-order valence-corrected chi connectivity index (χ4v) is 2.91. The van der Waals surface area contributed by atoms with Crippen molar-refractivity contribution in [2.24, 2.45) is 0 Å². The summed E-state index contributed by atoms with van der Waals surface area (Å²) in [6.45, 7) is 1.15. The third kappa shape index (κ3) is 5.09. The summed E-state index contributed by atoms with van der Waals surface area (Å²) in [5.41, 5.74) is 4.26. The monoisotopic (exact) mass is 362 g/mol. The first-order chi connectivity index (χ1) is 13.3. The Bertz CT molecular complexity index is 854. The minimum Gasteiger partial charge on any atom is -0.492 e. The van der Waals surface area contributed by atoms with E-state index in [1.54, 1.807) is 5.48 Å². The predicted molar refractivity (Wildman–Crippen MR) is 105 cm³/mol. The fourth-order valence-electron chi connectivity index (χ4n) is 2.91. The van der Waals surface area contributed by atoms with E-state index in [4.69, 9.17) is 9.94 Å². The van der Waals surface area contributed by atoms with Gasteiger partial charge in [-0.25, -0.2) is 5.48 Å². The van der Waals surface area contributed by atoms with Gasteiger partial charge < -0.3 is 10.1 Å². The molecule has 3 aromatic rings. The molecule has 0 aliphatic carbocycles. The number of para-hydroxylation sites is 1. The molecule has 1 atom stereocenters. The Balaban J connectivity index is 1.67. The van der Waals surface area contributed by atoms with Crippen molar-refractivity contribution in [2.45, 2.75) is 5.92 Å². The molecular formula is C22H22N2O3. The molecule has 3 rings (SSSR count). The Morgan fingerprint density at radius 2 is 1.56 bits per heavy atom. The Hall–Kier alpha value is -3.31. The SMILES string of the molecule is O=C(NO)C(c1ccccc1)c1cccc(NCCOc2ccccc2)c1. The van der Waals surface area contributed by atoms with Crippen molar-refractivity contribution in [2.75, 3.05) is 18.5 Å². The van der Waals surface area contributed by atoms with Gasteiger partial charge in [0.2, 0.25) is 0 Å². The molecule has 27 heavy (non-hydrogen) atoms. The molecule has 1 unspecified atom stereocenters. The molecule has 1 amide bonds. The van der Waals surface area contributed by atoms with Crippen molar-refractivity contribution in [3.8, 4) is 5.75 Å². The molecule has 5 nitrogen and oxygen atoms in total. The minimum atomic E-state index is -0.585. The topological polar surface area (TPSA) is 70.6 Å². The first-order valence-corrected chi connectivity index (χ1v) is 8.78. The number of nitrogens with one attached hydrogen (secondary N) is 2. The van der Waals surface area contributed by atoms with Crippen LogP contribution in [-0.4, -0.2) is 24.3 Å². The van der Waals surface area contributed by atoms with Crippen molar-refractivity contribution in [1.82, 2.24) is 5.48 Å². The Morgan fingerprint density at radius 3 is 2.26 bits per heavy atom. The molecule has 0 fully saturated rings. The van der Waals surface area contributed by atoms with Gasteiger partial charge in [0.25, 0.3) is 5.91 Å². The zero-order chi connectivity index (χ0) is 18.9. The third-order valence-electron chi connectivity index (χ3n) is 4.17. The number of amides is 1. The number of benzene rings is 3. The van der Waals surface area contributed by atoms with Gasteiger partial charge in [-0.05, 0) is 35.4 Å². The molecule has 0 radical (unpaired) electrons. The van der Waals surface area contributed by atoms with Gasteiger partial charge in [-0.1, -0.05) is 60.7 Å². The summed E-state index contributed by atoms with van der Waals surface area (Å²) < 4.78 is 5.67. The number of ether oxygens (including phenoxy) is 1. The van der Waals surface area contributed by atoms with Gasteiger partial charge >= 0.3 is 0 Å². The Morgan fingerprint density at radius 1 is 0.889 bits per heavy atom. The lowest BCUT2D eigenvalue weighted by Crippen LogP contribution is -2.27. The number of hydroxylamine groups is 1. The van der Waals surface area contributed by atoms with Gasteiger partial charge in [0, 0.05) is 12.2 Å². The number of rotatable bonds is 8. The van der Waals surface area contributed by atoms with Crippen LogP contribution in [-0.2, 0) is 4.79 Å². The summed E-state index contributed by atoms with van der Waals surface area (Å²) in [5.74, 6) is -0.221. The molecule has 0 aliphatic heterocycles. The van der Waals surface area contributed by atoms with Gasteiger partial charge in [0.05, 0.1) is 5.92 Å². The number of anilines is 1. The molecular weight excluding hydrogens is 340 g/mol. The van der Waals surface area contributed by atoms with E-state index in [-0.39, 0.29) is 0 Å². The van der Waals surface area contributed by atoms with E-state index in [9.17, 15) is 4.79 Å². The summed E-state index contributed by atoms with van der Waals surface area (Å²) in [5, 5.41) is 12.4. The molecule has 0 spiro atoms. The Labute approximate surface area is 158 Å². The zero-order valence-corrected chi connectivity index (χ0v) is 14.8.